The molecule has 4 heterocycles. The smallest absolute Gasteiger partial charge is 0.257 e. The molecule has 2 aliphatic rings. The summed E-state index contributed by atoms with van der Waals surface area (Å²) in [6.45, 7) is 4.44. The molecular formula is C23H24N4O4. The predicted molar refractivity (Wildman–Crippen MR) is 114 cm³/mol. The van der Waals surface area contributed by atoms with Crippen molar-refractivity contribution < 1.29 is 18.4 Å². The van der Waals surface area contributed by atoms with E-state index >= 15 is 0 Å². The largest absolute Gasteiger partial charge is 0.467 e. The Morgan fingerprint density at radius 2 is 1.90 bits per heavy atom. The van der Waals surface area contributed by atoms with Crippen molar-refractivity contribution in [2.75, 3.05) is 32.7 Å². The third-order valence-corrected chi connectivity index (χ3v) is 5.92. The first-order valence-corrected chi connectivity index (χ1v) is 10.5. The van der Waals surface area contributed by atoms with Gasteiger partial charge in [-0.1, -0.05) is 18.2 Å². The molecule has 2 aromatic heterocycles. The van der Waals surface area contributed by atoms with Gasteiger partial charge in [0, 0.05) is 44.9 Å². The summed E-state index contributed by atoms with van der Waals surface area (Å²) in [5, 5.41) is 7.18. The van der Waals surface area contributed by atoms with Crippen molar-refractivity contribution in [3.8, 4) is 0 Å². The monoisotopic (exact) mass is 420 g/mol. The van der Waals surface area contributed by atoms with Crippen molar-refractivity contribution in [3.05, 3.63) is 60.2 Å². The number of hydrogen-bond donors (Lipinski definition) is 0. The van der Waals surface area contributed by atoms with E-state index in [4.69, 9.17) is 8.83 Å². The molecule has 1 aromatic carbocycles. The average Bonchev–Trinajstić information content (AvgIpc) is 3.52. The van der Waals surface area contributed by atoms with Crippen LogP contribution in [0.2, 0.25) is 0 Å². The second-order valence-electron chi connectivity index (χ2n) is 7.95. The standard InChI is InChI=1S/C23H24N4O4/c1-16(28)26-10-8-25(9-11-26)15-23(29)27-19(21-7-4-12-30-21)14-18(24-27)22-13-17-5-2-3-6-20(17)31-22/h2-7,12-13,19H,8-11,14-15H2,1H3/t19-/m1/s1. The molecule has 0 unspecified atom stereocenters. The molecule has 0 aliphatic carbocycles. The van der Waals surface area contributed by atoms with Gasteiger partial charge in [-0.3, -0.25) is 14.5 Å². The van der Waals surface area contributed by atoms with Crippen LogP contribution in [0.1, 0.15) is 30.9 Å². The molecule has 0 spiro atoms. The molecule has 160 valence electrons. The van der Waals surface area contributed by atoms with Crippen LogP contribution in [0.5, 0.6) is 0 Å². The molecule has 0 bridgehead atoms. The third-order valence-electron chi connectivity index (χ3n) is 5.92. The summed E-state index contributed by atoms with van der Waals surface area (Å²) in [7, 11) is 0. The van der Waals surface area contributed by atoms with Gasteiger partial charge < -0.3 is 13.7 Å². The molecular weight excluding hydrogens is 396 g/mol. The van der Waals surface area contributed by atoms with Gasteiger partial charge >= 0.3 is 0 Å². The van der Waals surface area contributed by atoms with Gasteiger partial charge in [-0.15, -0.1) is 0 Å². The van der Waals surface area contributed by atoms with Gasteiger partial charge in [-0.2, -0.15) is 5.10 Å². The lowest BCUT2D eigenvalue weighted by Gasteiger charge is -2.34. The Labute approximate surface area is 179 Å². The van der Waals surface area contributed by atoms with Crippen molar-refractivity contribution >= 4 is 28.5 Å². The first-order chi connectivity index (χ1) is 15.1. The summed E-state index contributed by atoms with van der Waals surface area (Å²) in [6.07, 6.45) is 2.13. The van der Waals surface area contributed by atoms with E-state index in [-0.39, 0.29) is 24.4 Å². The molecule has 31 heavy (non-hydrogen) atoms. The maximum atomic E-state index is 13.2. The Balaban J connectivity index is 1.36. The fourth-order valence-electron chi connectivity index (χ4n) is 4.20. The van der Waals surface area contributed by atoms with Crippen LogP contribution in [0.4, 0.5) is 0 Å². The van der Waals surface area contributed by atoms with Gasteiger partial charge in [0.25, 0.3) is 5.91 Å². The number of hydrazone groups is 1. The highest BCUT2D eigenvalue weighted by molar-refractivity contribution is 6.03. The topological polar surface area (TPSA) is 82.5 Å². The summed E-state index contributed by atoms with van der Waals surface area (Å²) < 4.78 is 11.6. The molecule has 5 rings (SSSR count). The summed E-state index contributed by atoms with van der Waals surface area (Å²) in [5.41, 5.74) is 1.52. The number of para-hydroxylation sites is 1. The van der Waals surface area contributed by atoms with Crippen molar-refractivity contribution in [2.45, 2.75) is 19.4 Å². The number of benzene rings is 1. The number of piperazine rings is 1. The van der Waals surface area contributed by atoms with Crippen LogP contribution in [-0.2, 0) is 9.59 Å². The van der Waals surface area contributed by atoms with Gasteiger partial charge in [0.1, 0.15) is 23.1 Å². The number of carbonyl (C=O) groups is 2. The normalized spacial score (nSPS) is 19.8. The van der Waals surface area contributed by atoms with Gasteiger partial charge in [0.05, 0.1) is 12.8 Å². The van der Waals surface area contributed by atoms with Gasteiger partial charge in [0.2, 0.25) is 5.91 Å². The van der Waals surface area contributed by atoms with Gasteiger partial charge in [0.15, 0.2) is 5.76 Å². The predicted octanol–water partition coefficient (Wildman–Crippen LogP) is 2.87. The minimum atomic E-state index is -0.302. The number of furan rings is 2. The van der Waals surface area contributed by atoms with Crippen LogP contribution in [0, 0.1) is 0 Å². The van der Waals surface area contributed by atoms with E-state index in [2.05, 4.69) is 10.0 Å². The number of carbonyl (C=O) groups excluding carboxylic acids is 2. The van der Waals surface area contributed by atoms with E-state index in [0.717, 1.165) is 16.7 Å². The zero-order chi connectivity index (χ0) is 21.4. The number of rotatable bonds is 4. The van der Waals surface area contributed by atoms with Gasteiger partial charge in [-0.25, -0.2) is 5.01 Å². The number of nitrogens with zero attached hydrogens (tertiary/aromatic N) is 4. The summed E-state index contributed by atoms with van der Waals surface area (Å²) in [6, 6.07) is 13.1. The molecule has 8 heteroatoms. The van der Waals surface area contributed by atoms with Crippen molar-refractivity contribution in [1.29, 1.82) is 0 Å². The molecule has 0 saturated carbocycles. The Kier molecular flexibility index (Phi) is 5.07. The fraction of sp³-hybridized carbons (Fsp3) is 0.348. The lowest BCUT2D eigenvalue weighted by atomic mass is 10.1. The highest BCUT2D eigenvalue weighted by Crippen LogP contribution is 2.34. The minimum absolute atomic E-state index is 0.0727. The Morgan fingerprint density at radius 3 is 2.61 bits per heavy atom. The molecule has 2 amide bonds. The highest BCUT2D eigenvalue weighted by atomic mass is 16.3. The Morgan fingerprint density at radius 1 is 1.10 bits per heavy atom. The van der Waals surface area contributed by atoms with Crippen LogP contribution in [0.15, 0.2) is 62.7 Å². The van der Waals surface area contributed by atoms with Crippen LogP contribution in [0.3, 0.4) is 0 Å². The summed E-state index contributed by atoms with van der Waals surface area (Å²) in [4.78, 5) is 28.6. The second kappa shape index (κ2) is 8.03. The SMILES string of the molecule is CC(=O)N1CCN(CC(=O)N2N=C(c3cc4ccccc4o3)C[C@@H]2c2ccco2)CC1. The zero-order valence-electron chi connectivity index (χ0n) is 17.4. The molecule has 1 saturated heterocycles. The van der Waals surface area contributed by atoms with Crippen LogP contribution < -0.4 is 0 Å². The number of fused-ring (bicyclic) bond motifs is 1. The van der Waals surface area contributed by atoms with Crippen molar-refractivity contribution in [1.82, 2.24) is 14.8 Å². The minimum Gasteiger partial charge on any atom is -0.467 e. The van der Waals surface area contributed by atoms with Crippen molar-refractivity contribution in [2.24, 2.45) is 5.10 Å². The molecule has 1 atom stereocenters. The first-order valence-electron chi connectivity index (χ1n) is 10.5. The second-order valence-corrected chi connectivity index (χ2v) is 7.95. The van der Waals surface area contributed by atoms with Crippen LogP contribution >= 0.6 is 0 Å². The number of amides is 2. The zero-order valence-corrected chi connectivity index (χ0v) is 17.4. The first kappa shape index (κ1) is 19.6. The van der Waals surface area contributed by atoms with E-state index in [1.165, 1.54) is 5.01 Å². The van der Waals surface area contributed by atoms with Crippen LogP contribution in [0.25, 0.3) is 11.0 Å². The molecule has 1 fully saturated rings. The lowest BCUT2D eigenvalue weighted by molar-refractivity contribution is -0.135. The van der Waals surface area contributed by atoms with Crippen molar-refractivity contribution in [3.63, 3.8) is 0 Å². The molecule has 0 radical (unpaired) electrons. The fourth-order valence-corrected chi connectivity index (χ4v) is 4.20. The third kappa shape index (κ3) is 3.86. The van der Waals surface area contributed by atoms with E-state index in [0.29, 0.717) is 44.1 Å². The Hall–Kier alpha value is -3.39. The van der Waals surface area contributed by atoms with Gasteiger partial charge in [-0.05, 0) is 24.3 Å². The average molecular weight is 420 g/mol. The maximum absolute atomic E-state index is 13.2. The molecule has 2 aliphatic heterocycles. The van der Waals surface area contributed by atoms with E-state index in [1.54, 1.807) is 18.1 Å². The molecule has 0 N–H and O–H groups in total. The highest BCUT2D eigenvalue weighted by Gasteiger charge is 2.36. The quantitative estimate of drug-likeness (QED) is 0.648. The number of hydrogen-bond acceptors (Lipinski definition) is 6. The maximum Gasteiger partial charge on any atom is 0.257 e. The summed E-state index contributed by atoms with van der Waals surface area (Å²) in [5.74, 6) is 1.35. The van der Waals surface area contributed by atoms with E-state index in [1.807, 2.05) is 42.5 Å². The molecule has 3 aromatic rings. The summed E-state index contributed by atoms with van der Waals surface area (Å²) >= 11 is 0. The van der Waals surface area contributed by atoms with Crippen LogP contribution in [-0.4, -0.2) is 65.1 Å². The lowest BCUT2D eigenvalue weighted by Crippen LogP contribution is -2.50. The van der Waals surface area contributed by atoms with E-state index in [9.17, 15) is 9.59 Å². The Bertz CT molecular complexity index is 1090. The molecule has 8 nitrogen and oxygen atoms in total. The van der Waals surface area contributed by atoms with E-state index < -0.39 is 0 Å².